The van der Waals surface area contributed by atoms with Gasteiger partial charge in [-0.05, 0) is 29.7 Å². The molecule has 2 atom stereocenters. The van der Waals surface area contributed by atoms with Crippen molar-refractivity contribution in [1.82, 2.24) is 10.3 Å². The number of halogens is 2. The largest absolute Gasteiger partial charge is 0.387 e. The molecule has 0 saturated heterocycles. The molecule has 2 aromatic rings. The molecular weight excluding hydrogens is 323 g/mol. The summed E-state index contributed by atoms with van der Waals surface area (Å²) >= 11 is 12.1. The van der Waals surface area contributed by atoms with Gasteiger partial charge in [0, 0.05) is 12.7 Å². The van der Waals surface area contributed by atoms with Gasteiger partial charge in [0.05, 0.1) is 27.8 Å². The minimum absolute atomic E-state index is 0.151. The van der Waals surface area contributed by atoms with Crippen LogP contribution >= 0.6 is 23.2 Å². The maximum absolute atomic E-state index is 12.4. The number of pyridine rings is 1. The third kappa shape index (κ3) is 2.82. The lowest BCUT2D eigenvalue weighted by molar-refractivity contribution is -0.123. The Morgan fingerprint density at radius 2 is 2.14 bits per heavy atom. The molecule has 1 aliphatic carbocycles. The lowest BCUT2D eigenvalue weighted by atomic mass is 10.0. The standard InChI is InChI=1S/C16H14Cl2N2O2/c17-12-5-1-3-9(14(12)18)8-20-16(22)11-7-13(21)15-10(11)4-2-6-19-15/h1-6,11,13,21H,7-8H2,(H,20,22). The molecule has 1 aliphatic rings. The molecule has 114 valence electrons. The SMILES string of the molecule is O=C(NCc1cccc(Cl)c1Cl)C1CC(O)c2ncccc21. The van der Waals surface area contributed by atoms with Crippen LogP contribution in [0.4, 0.5) is 0 Å². The van der Waals surface area contributed by atoms with E-state index in [1.807, 2.05) is 12.1 Å². The predicted molar refractivity (Wildman–Crippen MR) is 84.9 cm³/mol. The summed E-state index contributed by atoms with van der Waals surface area (Å²) in [6.45, 7) is 0.292. The van der Waals surface area contributed by atoms with Crippen LogP contribution < -0.4 is 5.32 Å². The summed E-state index contributed by atoms with van der Waals surface area (Å²) in [6, 6.07) is 8.90. The first-order valence-corrected chi connectivity index (χ1v) is 7.67. The van der Waals surface area contributed by atoms with Crippen LogP contribution in [0.5, 0.6) is 0 Å². The summed E-state index contributed by atoms with van der Waals surface area (Å²) in [7, 11) is 0. The van der Waals surface area contributed by atoms with Gasteiger partial charge in [0.25, 0.3) is 0 Å². The smallest absolute Gasteiger partial charge is 0.227 e. The number of nitrogens with one attached hydrogen (secondary N) is 1. The first-order chi connectivity index (χ1) is 10.6. The first-order valence-electron chi connectivity index (χ1n) is 6.91. The number of rotatable bonds is 3. The highest BCUT2D eigenvalue weighted by atomic mass is 35.5. The topological polar surface area (TPSA) is 62.2 Å². The quantitative estimate of drug-likeness (QED) is 0.904. The van der Waals surface area contributed by atoms with E-state index < -0.39 is 12.0 Å². The number of aliphatic hydroxyl groups excluding tert-OH is 1. The van der Waals surface area contributed by atoms with E-state index in [9.17, 15) is 9.90 Å². The van der Waals surface area contributed by atoms with Crippen molar-refractivity contribution in [1.29, 1.82) is 0 Å². The molecule has 0 saturated carbocycles. The summed E-state index contributed by atoms with van der Waals surface area (Å²) in [5.41, 5.74) is 2.13. The second-order valence-electron chi connectivity index (χ2n) is 5.21. The maximum Gasteiger partial charge on any atom is 0.227 e. The Kier molecular flexibility index (Phi) is 4.34. The summed E-state index contributed by atoms with van der Waals surface area (Å²) in [5, 5.41) is 13.7. The molecule has 22 heavy (non-hydrogen) atoms. The minimum Gasteiger partial charge on any atom is -0.387 e. The monoisotopic (exact) mass is 336 g/mol. The molecule has 1 aromatic heterocycles. The summed E-state index contributed by atoms with van der Waals surface area (Å²) < 4.78 is 0. The fraction of sp³-hybridized carbons (Fsp3) is 0.250. The van der Waals surface area contributed by atoms with Gasteiger partial charge in [-0.3, -0.25) is 9.78 Å². The second kappa shape index (κ2) is 6.24. The number of aromatic nitrogens is 1. The number of benzene rings is 1. The lowest BCUT2D eigenvalue weighted by Crippen LogP contribution is -2.28. The Balaban J connectivity index is 1.72. The molecule has 2 N–H and O–H groups in total. The molecule has 0 aliphatic heterocycles. The van der Waals surface area contributed by atoms with Crippen molar-refractivity contribution in [2.75, 3.05) is 0 Å². The highest BCUT2D eigenvalue weighted by molar-refractivity contribution is 6.42. The lowest BCUT2D eigenvalue weighted by Gasteiger charge is -2.13. The number of amides is 1. The second-order valence-corrected chi connectivity index (χ2v) is 6.00. The Morgan fingerprint density at radius 1 is 1.32 bits per heavy atom. The summed E-state index contributed by atoms with van der Waals surface area (Å²) in [5.74, 6) is -0.543. The van der Waals surface area contributed by atoms with Crippen molar-refractivity contribution < 1.29 is 9.90 Å². The zero-order valence-corrected chi connectivity index (χ0v) is 13.1. The molecule has 0 fully saturated rings. The van der Waals surface area contributed by atoms with Crippen LogP contribution in [0.3, 0.4) is 0 Å². The van der Waals surface area contributed by atoms with Gasteiger partial charge in [-0.1, -0.05) is 41.4 Å². The molecule has 6 heteroatoms. The van der Waals surface area contributed by atoms with Crippen LogP contribution in [0.1, 0.15) is 35.3 Å². The van der Waals surface area contributed by atoms with Crippen LogP contribution in [-0.2, 0) is 11.3 Å². The fourth-order valence-electron chi connectivity index (χ4n) is 2.70. The van der Waals surface area contributed by atoms with Gasteiger partial charge < -0.3 is 10.4 Å². The van der Waals surface area contributed by atoms with Crippen molar-refractivity contribution in [3.63, 3.8) is 0 Å². The van der Waals surface area contributed by atoms with E-state index in [-0.39, 0.29) is 5.91 Å². The van der Waals surface area contributed by atoms with Crippen molar-refractivity contribution >= 4 is 29.1 Å². The van der Waals surface area contributed by atoms with Gasteiger partial charge in [-0.2, -0.15) is 0 Å². The van der Waals surface area contributed by atoms with Gasteiger partial charge >= 0.3 is 0 Å². The van der Waals surface area contributed by atoms with Gasteiger partial charge in [0.15, 0.2) is 0 Å². The average Bonchev–Trinajstić information content (AvgIpc) is 2.86. The molecular formula is C16H14Cl2N2O2. The molecule has 4 nitrogen and oxygen atoms in total. The van der Waals surface area contributed by atoms with Gasteiger partial charge in [0.1, 0.15) is 0 Å². The predicted octanol–water partition coefficient (Wildman–Crippen LogP) is 3.23. The van der Waals surface area contributed by atoms with E-state index in [4.69, 9.17) is 23.2 Å². The maximum atomic E-state index is 12.4. The fourth-order valence-corrected chi connectivity index (χ4v) is 3.09. The third-order valence-corrected chi connectivity index (χ3v) is 4.68. The van der Waals surface area contributed by atoms with Gasteiger partial charge in [0.2, 0.25) is 5.91 Å². The molecule has 1 aromatic carbocycles. The van der Waals surface area contributed by atoms with Crippen molar-refractivity contribution in [2.24, 2.45) is 0 Å². The van der Waals surface area contributed by atoms with E-state index in [0.29, 0.717) is 28.7 Å². The van der Waals surface area contributed by atoms with Crippen LogP contribution in [0.2, 0.25) is 10.0 Å². The van der Waals surface area contributed by atoms with Crippen molar-refractivity contribution in [2.45, 2.75) is 25.0 Å². The molecule has 0 bridgehead atoms. The Labute approximate surface area is 138 Å². The number of carbonyl (C=O) groups excluding carboxylic acids is 1. The van der Waals surface area contributed by atoms with Crippen LogP contribution in [0.15, 0.2) is 36.5 Å². The Hall–Kier alpha value is -1.62. The Morgan fingerprint density at radius 3 is 2.95 bits per heavy atom. The van der Waals surface area contributed by atoms with E-state index in [1.54, 1.807) is 24.4 Å². The Bertz CT molecular complexity index is 721. The van der Waals surface area contributed by atoms with E-state index in [2.05, 4.69) is 10.3 Å². The third-order valence-electron chi connectivity index (χ3n) is 3.82. The summed E-state index contributed by atoms with van der Waals surface area (Å²) in [4.78, 5) is 16.5. The molecule has 1 amide bonds. The zero-order valence-electron chi connectivity index (χ0n) is 11.6. The highest BCUT2D eigenvalue weighted by Gasteiger charge is 2.35. The van der Waals surface area contributed by atoms with Crippen LogP contribution in [0, 0.1) is 0 Å². The normalized spacial score (nSPS) is 19.8. The minimum atomic E-state index is -0.693. The zero-order chi connectivity index (χ0) is 15.7. The first kappa shape index (κ1) is 15.3. The number of nitrogens with zero attached hydrogens (tertiary/aromatic N) is 1. The molecule has 3 rings (SSSR count). The van der Waals surface area contributed by atoms with Crippen LogP contribution in [-0.4, -0.2) is 16.0 Å². The van der Waals surface area contributed by atoms with E-state index >= 15 is 0 Å². The average molecular weight is 337 g/mol. The molecule has 2 unspecified atom stereocenters. The van der Waals surface area contributed by atoms with E-state index in [1.165, 1.54) is 0 Å². The molecule has 0 radical (unpaired) electrons. The number of hydrogen-bond acceptors (Lipinski definition) is 3. The number of hydrogen-bond donors (Lipinski definition) is 2. The summed E-state index contributed by atoms with van der Waals surface area (Å²) in [6.07, 6.45) is 1.27. The number of carbonyl (C=O) groups is 1. The van der Waals surface area contributed by atoms with E-state index in [0.717, 1.165) is 11.1 Å². The van der Waals surface area contributed by atoms with Crippen molar-refractivity contribution in [3.8, 4) is 0 Å². The number of fused-ring (bicyclic) bond motifs is 1. The van der Waals surface area contributed by atoms with Crippen LogP contribution in [0.25, 0.3) is 0 Å². The number of aliphatic hydroxyl groups is 1. The highest BCUT2D eigenvalue weighted by Crippen LogP contribution is 2.38. The van der Waals surface area contributed by atoms with Gasteiger partial charge in [-0.25, -0.2) is 0 Å². The molecule has 0 spiro atoms. The van der Waals surface area contributed by atoms with Gasteiger partial charge in [-0.15, -0.1) is 0 Å². The van der Waals surface area contributed by atoms with Crippen molar-refractivity contribution in [3.05, 3.63) is 63.4 Å². The molecule has 1 heterocycles.